The molecule has 1 N–H and O–H groups in total. The standard InChI is InChI=1S/C12H21NO3/c1-2-10(12(14)15)13-6-7-16-8-9-4-3-5-11(9)13/h9-11H,2-8H2,1H3,(H,14,15)/t9-,10-,11-/m1/s1. The fraction of sp³-hybridized carbons (Fsp3) is 0.917. The van der Waals surface area contributed by atoms with Crippen molar-refractivity contribution < 1.29 is 14.6 Å². The van der Waals surface area contributed by atoms with Crippen LogP contribution >= 0.6 is 0 Å². The lowest BCUT2D eigenvalue weighted by Crippen LogP contribution is -2.48. The van der Waals surface area contributed by atoms with E-state index in [0.717, 1.165) is 19.6 Å². The van der Waals surface area contributed by atoms with Crippen LogP contribution in [-0.4, -0.2) is 47.8 Å². The Labute approximate surface area is 96.6 Å². The predicted octanol–water partition coefficient (Wildman–Crippen LogP) is 1.35. The first-order valence-corrected chi connectivity index (χ1v) is 6.30. The molecule has 0 aromatic heterocycles. The second-order valence-corrected chi connectivity index (χ2v) is 4.83. The van der Waals surface area contributed by atoms with E-state index in [9.17, 15) is 9.90 Å². The zero-order valence-corrected chi connectivity index (χ0v) is 9.89. The lowest BCUT2D eigenvalue weighted by Gasteiger charge is -2.34. The molecule has 1 saturated carbocycles. The summed E-state index contributed by atoms with van der Waals surface area (Å²) in [6, 6.07) is 0.107. The Morgan fingerprint density at radius 2 is 2.38 bits per heavy atom. The van der Waals surface area contributed by atoms with Crippen LogP contribution in [0.5, 0.6) is 0 Å². The Morgan fingerprint density at radius 3 is 3.06 bits per heavy atom. The Bertz CT molecular complexity index is 257. The van der Waals surface area contributed by atoms with Gasteiger partial charge in [-0.3, -0.25) is 9.69 Å². The van der Waals surface area contributed by atoms with Crippen molar-refractivity contribution in [1.82, 2.24) is 4.90 Å². The third-order valence-electron chi connectivity index (χ3n) is 3.94. The van der Waals surface area contributed by atoms with Crippen LogP contribution in [0.15, 0.2) is 0 Å². The molecular weight excluding hydrogens is 206 g/mol. The molecule has 0 unspecified atom stereocenters. The van der Waals surface area contributed by atoms with Crippen LogP contribution in [0.2, 0.25) is 0 Å². The normalized spacial score (nSPS) is 33.1. The van der Waals surface area contributed by atoms with Gasteiger partial charge < -0.3 is 9.84 Å². The number of hydrogen-bond donors (Lipinski definition) is 1. The summed E-state index contributed by atoms with van der Waals surface area (Å²) >= 11 is 0. The monoisotopic (exact) mass is 227 g/mol. The van der Waals surface area contributed by atoms with Crippen molar-refractivity contribution >= 4 is 5.97 Å². The summed E-state index contributed by atoms with van der Waals surface area (Å²) in [4.78, 5) is 13.4. The minimum Gasteiger partial charge on any atom is -0.480 e. The van der Waals surface area contributed by atoms with E-state index < -0.39 is 5.97 Å². The molecule has 1 heterocycles. The third kappa shape index (κ3) is 2.23. The van der Waals surface area contributed by atoms with Crippen LogP contribution < -0.4 is 0 Å². The molecule has 1 saturated heterocycles. The maximum atomic E-state index is 11.2. The number of carboxylic acids is 1. The number of hydrogen-bond acceptors (Lipinski definition) is 3. The summed E-state index contributed by atoms with van der Waals surface area (Å²) in [5, 5.41) is 9.25. The molecule has 0 aromatic rings. The summed E-state index contributed by atoms with van der Waals surface area (Å²) in [5.74, 6) is -0.133. The molecule has 2 aliphatic rings. The Hall–Kier alpha value is -0.610. The number of rotatable bonds is 3. The molecule has 2 rings (SSSR count). The summed E-state index contributed by atoms with van der Waals surface area (Å²) in [5.41, 5.74) is 0. The van der Waals surface area contributed by atoms with Crippen molar-refractivity contribution in [2.24, 2.45) is 5.92 Å². The quantitative estimate of drug-likeness (QED) is 0.790. The topological polar surface area (TPSA) is 49.8 Å². The highest BCUT2D eigenvalue weighted by Crippen LogP contribution is 2.33. The first-order valence-electron chi connectivity index (χ1n) is 6.30. The average Bonchev–Trinajstić information content (AvgIpc) is 2.62. The minimum atomic E-state index is -0.685. The maximum Gasteiger partial charge on any atom is 0.320 e. The summed E-state index contributed by atoms with van der Waals surface area (Å²) in [7, 11) is 0. The molecule has 3 atom stereocenters. The van der Waals surface area contributed by atoms with Crippen LogP contribution in [0, 0.1) is 5.92 Å². The molecule has 1 aliphatic carbocycles. The van der Waals surface area contributed by atoms with Gasteiger partial charge in [-0.25, -0.2) is 0 Å². The molecule has 4 heteroatoms. The number of fused-ring (bicyclic) bond motifs is 1. The van der Waals surface area contributed by atoms with Crippen LogP contribution in [0.25, 0.3) is 0 Å². The van der Waals surface area contributed by atoms with Gasteiger partial charge in [0.25, 0.3) is 0 Å². The van der Waals surface area contributed by atoms with Gasteiger partial charge in [-0.05, 0) is 25.2 Å². The highest BCUT2D eigenvalue weighted by atomic mass is 16.5. The summed E-state index contributed by atoms with van der Waals surface area (Å²) in [6.07, 6.45) is 4.22. The van der Waals surface area contributed by atoms with E-state index in [0.29, 0.717) is 25.0 Å². The number of nitrogens with zero attached hydrogens (tertiary/aromatic N) is 1. The molecule has 0 radical (unpaired) electrons. The average molecular weight is 227 g/mol. The number of carbonyl (C=O) groups is 1. The van der Waals surface area contributed by atoms with E-state index in [4.69, 9.17) is 4.74 Å². The van der Waals surface area contributed by atoms with Gasteiger partial charge in [-0.15, -0.1) is 0 Å². The Balaban J connectivity index is 2.12. The SMILES string of the molecule is CC[C@H](C(=O)O)N1CCOC[C@H]2CCC[C@H]21. The Morgan fingerprint density at radius 1 is 1.56 bits per heavy atom. The van der Waals surface area contributed by atoms with Gasteiger partial charge in [0, 0.05) is 12.6 Å². The first kappa shape index (κ1) is 11.9. The molecular formula is C12H21NO3. The van der Waals surface area contributed by atoms with E-state index in [2.05, 4.69) is 4.90 Å². The zero-order valence-electron chi connectivity index (χ0n) is 9.89. The smallest absolute Gasteiger partial charge is 0.320 e. The fourth-order valence-electron chi connectivity index (χ4n) is 3.16. The maximum absolute atomic E-state index is 11.2. The number of aliphatic carboxylic acids is 1. The highest BCUT2D eigenvalue weighted by Gasteiger charge is 2.38. The second-order valence-electron chi connectivity index (χ2n) is 4.83. The molecule has 0 aromatic carbocycles. The van der Waals surface area contributed by atoms with Crippen LogP contribution in [0.1, 0.15) is 32.6 Å². The minimum absolute atomic E-state index is 0.327. The molecule has 0 spiro atoms. The van der Waals surface area contributed by atoms with Crippen molar-refractivity contribution in [2.75, 3.05) is 19.8 Å². The van der Waals surface area contributed by atoms with E-state index in [1.54, 1.807) is 0 Å². The van der Waals surface area contributed by atoms with Crippen molar-refractivity contribution in [1.29, 1.82) is 0 Å². The van der Waals surface area contributed by atoms with Gasteiger partial charge in [-0.2, -0.15) is 0 Å². The predicted molar refractivity (Wildman–Crippen MR) is 60.4 cm³/mol. The van der Waals surface area contributed by atoms with Gasteiger partial charge in [0.1, 0.15) is 6.04 Å². The van der Waals surface area contributed by atoms with E-state index >= 15 is 0 Å². The van der Waals surface area contributed by atoms with Crippen molar-refractivity contribution in [3.63, 3.8) is 0 Å². The third-order valence-corrected chi connectivity index (χ3v) is 3.94. The summed E-state index contributed by atoms with van der Waals surface area (Å²) in [6.45, 7) is 4.22. The van der Waals surface area contributed by atoms with Crippen LogP contribution in [0.4, 0.5) is 0 Å². The van der Waals surface area contributed by atoms with Crippen molar-refractivity contribution in [3.8, 4) is 0 Å². The van der Waals surface area contributed by atoms with Crippen molar-refractivity contribution in [2.45, 2.75) is 44.7 Å². The lowest BCUT2D eigenvalue weighted by atomic mass is 10.0. The van der Waals surface area contributed by atoms with Crippen molar-refractivity contribution in [3.05, 3.63) is 0 Å². The Kier molecular flexibility index (Phi) is 3.82. The van der Waals surface area contributed by atoms with Gasteiger partial charge in [0.15, 0.2) is 0 Å². The van der Waals surface area contributed by atoms with Gasteiger partial charge in [-0.1, -0.05) is 13.3 Å². The van der Waals surface area contributed by atoms with Gasteiger partial charge in [0.05, 0.1) is 13.2 Å². The van der Waals surface area contributed by atoms with E-state index in [1.807, 2.05) is 6.92 Å². The number of carboxylic acid groups (broad SMARTS) is 1. The number of ether oxygens (including phenoxy) is 1. The van der Waals surface area contributed by atoms with E-state index in [1.165, 1.54) is 12.8 Å². The van der Waals surface area contributed by atoms with E-state index in [-0.39, 0.29) is 6.04 Å². The van der Waals surface area contributed by atoms with Crippen LogP contribution in [-0.2, 0) is 9.53 Å². The lowest BCUT2D eigenvalue weighted by molar-refractivity contribution is -0.144. The summed E-state index contributed by atoms with van der Waals surface area (Å²) < 4.78 is 5.58. The van der Waals surface area contributed by atoms with Gasteiger partial charge >= 0.3 is 5.97 Å². The molecule has 2 fully saturated rings. The largest absolute Gasteiger partial charge is 0.480 e. The first-order chi connectivity index (χ1) is 7.74. The molecule has 1 aliphatic heterocycles. The zero-order chi connectivity index (χ0) is 11.5. The molecule has 4 nitrogen and oxygen atoms in total. The second kappa shape index (κ2) is 5.15. The molecule has 0 bridgehead atoms. The highest BCUT2D eigenvalue weighted by molar-refractivity contribution is 5.73. The fourth-order valence-corrected chi connectivity index (χ4v) is 3.16. The molecule has 16 heavy (non-hydrogen) atoms. The molecule has 92 valence electrons. The molecule has 0 amide bonds. The van der Waals surface area contributed by atoms with Crippen LogP contribution in [0.3, 0.4) is 0 Å². The van der Waals surface area contributed by atoms with Gasteiger partial charge in [0.2, 0.25) is 0 Å².